The number of aliphatic hydroxyl groups is 1. The molecule has 0 fully saturated rings. The van der Waals surface area contributed by atoms with Gasteiger partial charge in [0.15, 0.2) is 0 Å². The molecule has 0 radical (unpaired) electrons. The third kappa shape index (κ3) is 110. The van der Waals surface area contributed by atoms with Gasteiger partial charge < -0.3 is 19.3 Å². The summed E-state index contributed by atoms with van der Waals surface area (Å²) in [6, 6.07) is 0. The van der Waals surface area contributed by atoms with Gasteiger partial charge in [0.1, 0.15) is 6.61 Å². The Bertz CT molecular complexity index is 178. The molecule has 0 bridgehead atoms. The van der Waals surface area contributed by atoms with Gasteiger partial charge in [0.05, 0.1) is 0 Å². The van der Waals surface area contributed by atoms with E-state index in [4.69, 9.17) is 32.5 Å². The smallest absolute Gasteiger partial charge is 0.759 e. The van der Waals surface area contributed by atoms with E-state index in [1.807, 2.05) is 0 Å². The average molecular weight is 218 g/mol. The first-order valence-electron chi connectivity index (χ1n) is 1.76. The minimum Gasteiger partial charge on any atom is -0.759 e. The molecular weight excluding hydrogens is 214 g/mol. The fraction of sp³-hybridized carbons (Fsp3) is 0.500. The molecule has 0 atom stereocenters. The van der Waals surface area contributed by atoms with E-state index in [0.29, 0.717) is 0 Å². The number of aliphatic hydroxyl groups excluding tert-OH is 1. The molecule has 0 aliphatic rings. The number of rotatable bonds is 1. The summed E-state index contributed by atoms with van der Waals surface area (Å²) in [6.45, 7) is -0.778. The van der Waals surface area contributed by atoms with Gasteiger partial charge in [-0.1, -0.05) is 0 Å². The standard InChI is InChI=1S/C2H4O3.2Na.H2O4S/c3-1-2(4)5;;;1-5(2,3)4/h3H,1H2,(H,4,5);;;(H2,1,2,3,4)/q;2*+1;/p-2. The molecule has 7 nitrogen and oxygen atoms in total. The number of aliphatic carboxylic acids is 1. The van der Waals surface area contributed by atoms with Gasteiger partial charge in [-0.25, -0.2) is 4.79 Å². The van der Waals surface area contributed by atoms with Gasteiger partial charge in [-0.2, -0.15) is 0 Å². The third-order valence-electron chi connectivity index (χ3n) is 0.135. The summed E-state index contributed by atoms with van der Waals surface area (Å²) in [7, 11) is -5.17. The predicted molar refractivity (Wildman–Crippen MR) is 25.2 cm³/mol. The first kappa shape index (κ1) is 23.3. The fourth-order valence-electron chi connectivity index (χ4n) is 0. The van der Waals surface area contributed by atoms with E-state index in [1.54, 1.807) is 0 Å². The summed E-state index contributed by atoms with van der Waals surface area (Å²) in [5, 5.41) is 15.0. The Morgan fingerprint density at radius 2 is 1.33 bits per heavy atom. The van der Waals surface area contributed by atoms with E-state index in [0.717, 1.165) is 0 Å². The second-order valence-corrected chi connectivity index (χ2v) is 1.78. The quantitative estimate of drug-likeness (QED) is 0.253. The fourth-order valence-corrected chi connectivity index (χ4v) is 0. The molecule has 0 amide bonds. The van der Waals surface area contributed by atoms with Crippen LogP contribution in [-0.4, -0.2) is 40.3 Å². The van der Waals surface area contributed by atoms with Crippen molar-refractivity contribution in [3.63, 3.8) is 0 Å². The average Bonchev–Trinajstić information content (AvgIpc) is 1.61. The molecule has 10 heteroatoms. The maximum Gasteiger partial charge on any atom is 1.00 e. The van der Waals surface area contributed by atoms with Crippen LogP contribution in [0.5, 0.6) is 0 Å². The summed E-state index contributed by atoms with van der Waals surface area (Å²) < 4.78 is 34.1. The van der Waals surface area contributed by atoms with Crippen molar-refractivity contribution >= 4 is 16.4 Å². The monoisotopic (exact) mass is 218 g/mol. The topological polar surface area (TPSA) is 138 Å². The van der Waals surface area contributed by atoms with Crippen LogP contribution in [0.3, 0.4) is 0 Å². The van der Waals surface area contributed by atoms with Crippen LogP contribution in [0.4, 0.5) is 0 Å². The Labute approximate surface area is 113 Å². The van der Waals surface area contributed by atoms with Crippen LogP contribution in [-0.2, 0) is 15.2 Å². The van der Waals surface area contributed by atoms with E-state index in [9.17, 15) is 0 Å². The van der Waals surface area contributed by atoms with Crippen molar-refractivity contribution in [2.45, 2.75) is 0 Å². The minimum absolute atomic E-state index is 0. The molecule has 0 rings (SSSR count). The van der Waals surface area contributed by atoms with Crippen molar-refractivity contribution in [3.8, 4) is 0 Å². The Morgan fingerprint density at radius 1 is 1.25 bits per heavy atom. The molecule has 0 saturated heterocycles. The maximum absolute atomic E-state index is 9.12. The van der Waals surface area contributed by atoms with Crippen molar-refractivity contribution < 1.29 is 91.6 Å². The molecule has 2 N–H and O–H groups in total. The summed E-state index contributed by atoms with van der Waals surface area (Å²) in [5.74, 6) is -1.19. The van der Waals surface area contributed by atoms with Crippen LogP contribution in [0.2, 0.25) is 0 Å². The molecule has 0 spiro atoms. The van der Waals surface area contributed by atoms with Crippen molar-refractivity contribution in [1.29, 1.82) is 0 Å². The molecule has 0 unspecified atom stereocenters. The normalized spacial score (nSPS) is 7.92. The van der Waals surface area contributed by atoms with Gasteiger partial charge in [0.25, 0.3) is 0 Å². The molecule has 0 aromatic heterocycles. The van der Waals surface area contributed by atoms with Crippen LogP contribution in [0.25, 0.3) is 0 Å². The molecule has 0 heterocycles. The molecular formula is C2H4Na2O7S. The summed E-state index contributed by atoms with van der Waals surface area (Å²) in [6.07, 6.45) is 0. The van der Waals surface area contributed by atoms with E-state index in [-0.39, 0.29) is 59.1 Å². The maximum atomic E-state index is 9.12. The van der Waals surface area contributed by atoms with E-state index < -0.39 is 23.0 Å². The van der Waals surface area contributed by atoms with Crippen molar-refractivity contribution in [2.24, 2.45) is 0 Å². The van der Waals surface area contributed by atoms with Gasteiger partial charge in [0.2, 0.25) is 0 Å². The molecule has 0 aromatic rings. The van der Waals surface area contributed by atoms with Crippen LogP contribution >= 0.6 is 0 Å². The third-order valence-corrected chi connectivity index (χ3v) is 0.135. The number of hydrogen-bond acceptors (Lipinski definition) is 6. The van der Waals surface area contributed by atoms with Crippen LogP contribution < -0.4 is 59.1 Å². The largest absolute Gasteiger partial charge is 1.00 e. The Kier molecular flexibility index (Phi) is 23.8. The summed E-state index contributed by atoms with van der Waals surface area (Å²) in [5.41, 5.74) is 0. The molecule has 0 saturated carbocycles. The predicted octanol–water partition coefficient (Wildman–Crippen LogP) is -8.27. The first-order chi connectivity index (χ1) is 4.27. The minimum atomic E-state index is -5.17. The van der Waals surface area contributed by atoms with E-state index in [1.165, 1.54) is 0 Å². The van der Waals surface area contributed by atoms with Crippen molar-refractivity contribution in [2.75, 3.05) is 6.61 Å². The molecule has 0 aliphatic carbocycles. The molecule has 0 aromatic carbocycles. The van der Waals surface area contributed by atoms with Crippen LogP contribution in [0.1, 0.15) is 0 Å². The summed E-state index contributed by atoms with van der Waals surface area (Å²) >= 11 is 0. The van der Waals surface area contributed by atoms with Crippen LogP contribution in [0.15, 0.2) is 0 Å². The zero-order valence-electron chi connectivity index (χ0n) is 6.55. The van der Waals surface area contributed by atoms with Crippen molar-refractivity contribution in [3.05, 3.63) is 0 Å². The van der Waals surface area contributed by atoms with Gasteiger partial charge in [-0.3, -0.25) is 8.42 Å². The van der Waals surface area contributed by atoms with Gasteiger partial charge >= 0.3 is 65.1 Å². The molecule has 12 heavy (non-hydrogen) atoms. The number of carboxylic acids is 1. The van der Waals surface area contributed by atoms with Gasteiger partial charge in [0, 0.05) is 10.4 Å². The Balaban J connectivity index is -0.0000000457. The second kappa shape index (κ2) is 12.3. The second-order valence-electron chi connectivity index (χ2n) is 0.960. The zero-order valence-corrected chi connectivity index (χ0v) is 11.4. The molecule has 0 aliphatic heterocycles. The van der Waals surface area contributed by atoms with E-state index in [2.05, 4.69) is 0 Å². The Morgan fingerprint density at radius 3 is 1.33 bits per heavy atom. The van der Waals surface area contributed by atoms with Crippen molar-refractivity contribution in [1.82, 2.24) is 0 Å². The summed E-state index contributed by atoms with van der Waals surface area (Å²) in [4.78, 5) is 9.12. The number of carbonyl (C=O) groups is 1. The Hall–Kier alpha value is 1.30. The van der Waals surface area contributed by atoms with Crippen LogP contribution in [0, 0.1) is 0 Å². The number of carboxylic acid groups (broad SMARTS) is 1. The van der Waals surface area contributed by atoms with Gasteiger partial charge in [-0.05, 0) is 0 Å². The van der Waals surface area contributed by atoms with Gasteiger partial charge in [-0.15, -0.1) is 0 Å². The zero-order chi connectivity index (χ0) is 8.78. The number of hydrogen-bond donors (Lipinski definition) is 2. The SMILES string of the molecule is O=C(O)CO.O=S(=O)([O-])[O-].[Na+].[Na+]. The first-order valence-corrected chi connectivity index (χ1v) is 3.10. The molecule has 62 valence electrons. The van der Waals surface area contributed by atoms with E-state index >= 15 is 0 Å².